The molecule has 0 aromatic heterocycles. The van der Waals surface area contributed by atoms with Crippen LogP contribution in [0.4, 0.5) is 0 Å². The van der Waals surface area contributed by atoms with Crippen molar-refractivity contribution in [1.29, 1.82) is 0 Å². The Labute approximate surface area is 144 Å². The summed E-state index contributed by atoms with van der Waals surface area (Å²) < 4.78 is 0. The summed E-state index contributed by atoms with van der Waals surface area (Å²) in [7, 11) is 0. The van der Waals surface area contributed by atoms with Crippen LogP contribution in [0.5, 0.6) is 0 Å². The third-order valence-corrected chi connectivity index (χ3v) is 4.22. The molecule has 0 bridgehead atoms. The Morgan fingerprint density at radius 2 is 1.86 bits per heavy atom. The number of hydrogen-bond acceptors (Lipinski definition) is 4. The van der Waals surface area contributed by atoms with Gasteiger partial charge in [-0.05, 0) is 18.8 Å². The molecule has 4 atom stereocenters. The molecule has 1 aliphatic rings. The van der Waals surface area contributed by atoms with Crippen molar-refractivity contribution in [3.63, 3.8) is 0 Å². The van der Waals surface area contributed by atoms with Crippen molar-refractivity contribution in [3.05, 3.63) is 0 Å². The van der Waals surface area contributed by atoms with E-state index < -0.39 is 12.0 Å². The van der Waals surface area contributed by atoms with Gasteiger partial charge in [-0.2, -0.15) is 0 Å². The average molecular weight is 358 g/mol. The van der Waals surface area contributed by atoms with Gasteiger partial charge in [0.15, 0.2) is 0 Å². The third-order valence-electron chi connectivity index (χ3n) is 4.22. The Hall–Kier alpha value is -0.560. The molecule has 22 heavy (non-hydrogen) atoms. The largest absolute Gasteiger partial charge is 0.480 e. The molecule has 0 aromatic carbocycles. The van der Waals surface area contributed by atoms with E-state index in [0.29, 0.717) is 12.3 Å². The van der Waals surface area contributed by atoms with Crippen molar-refractivity contribution >= 4 is 36.7 Å². The quantitative estimate of drug-likeness (QED) is 0.549. The van der Waals surface area contributed by atoms with Gasteiger partial charge in [-0.15, -0.1) is 24.8 Å². The number of aliphatic carboxylic acids is 1. The van der Waals surface area contributed by atoms with Gasteiger partial charge in [0, 0.05) is 25.0 Å². The zero-order valence-corrected chi connectivity index (χ0v) is 15.0. The number of amides is 1. The minimum absolute atomic E-state index is 0. The Bertz CT molecular complexity index is 354. The van der Waals surface area contributed by atoms with Crippen LogP contribution in [0.3, 0.4) is 0 Å². The second-order valence-corrected chi connectivity index (χ2v) is 5.71. The Morgan fingerprint density at radius 1 is 1.32 bits per heavy atom. The van der Waals surface area contributed by atoms with E-state index in [1.807, 2.05) is 0 Å². The highest BCUT2D eigenvalue weighted by atomic mass is 35.5. The van der Waals surface area contributed by atoms with Crippen molar-refractivity contribution in [2.24, 2.45) is 11.7 Å². The molecule has 1 heterocycles. The summed E-state index contributed by atoms with van der Waals surface area (Å²) in [5.41, 5.74) is 6.07. The number of hydrogen-bond donors (Lipinski definition) is 4. The van der Waals surface area contributed by atoms with E-state index in [4.69, 9.17) is 10.8 Å². The molecule has 0 radical (unpaired) electrons. The molecule has 1 saturated heterocycles. The second-order valence-electron chi connectivity index (χ2n) is 5.71. The molecule has 8 heteroatoms. The number of nitrogens with one attached hydrogen (secondary N) is 2. The average Bonchev–Trinajstić information content (AvgIpc) is 2.76. The molecule has 5 N–H and O–H groups in total. The SMILES string of the molecule is CCC(CC)C[C@H](NC(C)=O)[C@H]1N[C@@H](C(=O)O)C[C@H]1N.Cl.Cl. The Kier molecular flexibility index (Phi) is 11.9. The van der Waals surface area contributed by atoms with Crippen LogP contribution in [-0.4, -0.2) is 41.2 Å². The second kappa shape index (κ2) is 11.0. The number of carbonyl (C=O) groups is 2. The van der Waals surface area contributed by atoms with Crippen molar-refractivity contribution in [2.45, 2.75) is 70.6 Å². The Morgan fingerprint density at radius 3 is 2.23 bits per heavy atom. The first-order valence-electron chi connectivity index (χ1n) is 7.40. The first kappa shape index (κ1) is 23.7. The predicted octanol–water partition coefficient (Wildman–Crippen LogP) is 1.30. The van der Waals surface area contributed by atoms with Crippen LogP contribution in [0, 0.1) is 5.92 Å². The fourth-order valence-electron chi connectivity index (χ4n) is 2.97. The van der Waals surface area contributed by atoms with Crippen molar-refractivity contribution in [1.82, 2.24) is 10.6 Å². The first-order chi connectivity index (χ1) is 9.38. The summed E-state index contributed by atoms with van der Waals surface area (Å²) in [6, 6.07) is -1.16. The smallest absolute Gasteiger partial charge is 0.320 e. The Balaban J connectivity index is 0. The van der Waals surface area contributed by atoms with E-state index in [1.165, 1.54) is 6.92 Å². The molecule has 0 aromatic rings. The van der Waals surface area contributed by atoms with Crippen LogP contribution in [-0.2, 0) is 9.59 Å². The normalized spacial score (nSPS) is 25.0. The summed E-state index contributed by atoms with van der Waals surface area (Å²) in [6.45, 7) is 5.73. The standard InChI is InChI=1S/C14H27N3O3.2ClH/c1-4-9(5-2)6-11(16-8(3)18)13-10(15)7-12(17-13)14(19)20;;/h9-13,17H,4-7,15H2,1-3H3,(H,16,18)(H,19,20);2*1H/t10-,11+,12-,13+;;/m1../s1. The topological polar surface area (TPSA) is 104 Å². The maximum absolute atomic E-state index is 11.4. The lowest BCUT2D eigenvalue weighted by atomic mass is 9.89. The van der Waals surface area contributed by atoms with Crippen LogP contribution in [0.1, 0.15) is 46.5 Å². The van der Waals surface area contributed by atoms with E-state index in [9.17, 15) is 9.59 Å². The molecular weight excluding hydrogens is 329 g/mol. The summed E-state index contributed by atoms with van der Waals surface area (Å²) >= 11 is 0. The molecule has 6 nitrogen and oxygen atoms in total. The van der Waals surface area contributed by atoms with Gasteiger partial charge in [-0.1, -0.05) is 26.7 Å². The van der Waals surface area contributed by atoms with Crippen LogP contribution >= 0.6 is 24.8 Å². The minimum Gasteiger partial charge on any atom is -0.480 e. The fraction of sp³-hybridized carbons (Fsp3) is 0.857. The number of carboxylic acid groups (broad SMARTS) is 1. The maximum atomic E-state index is 11.4. The van der Waals surface area contributed by atoms with E-state index >= 15 is 0 Å². The lowest BCUT2D eigenvalue weighted by molar-refractivity contribution is -0.139. The van der Waals surface area contributed by atoms with Crippen LogP contribution < -0.4 is 16.4 Å². The van der Waals surface area contributed by atoms with E-state index in [2.05, 4.69) is 24.5 Å². The molecule has 1 fully saturated rings. The van der Waals surface area contributed by atoms with E-state index in [-0.39, 0.29) is 48.8 Å². The predicted molar refractivity (Wildman–Crippen MR) is 91.7 cm³/mol. The first-order valence-corrected chi connectivity index (χ1v) is 7.40. The molecule has 0 unspecified atom stereocenters. The van der Waals surface area contributed by atoms with Gasteiger partial charge in [0.2, 0.25) is 5.91 Å². The number of rotatable bonds is 7. The number of carboxylic acids is 1. The van der Waals surface area contributed by atoms with Crippen molar-refractivity contribution in [2.75, 3.05) is 0 Å². The van der Waals surface area contributed by atoms with Gasteiger partial charge < -0.3 is 16.2 Å². The molecule has 0 spiro atoms. The number of nitrogens with two attached hydrogens (primary N) is 1. The molecule has 0 aliphatic carbocycles. The number of carbonyl (C=O) groups excluding carboxylic acids is 1. The van der Waals surface area contributed by atoms with Crippen LogP contribution in [0.15, 0.2) is 0 Å². The summed E-state index contributed by atoms with van der Waals surface area (Å²) in [6.07, 6.45) is 3.30. The fourth-order valence-corrected chi connectivity index (χ4v) is 2.97. The number of halogens is 2. The third kappa shape index (κ3) is 6.69. The molecule has 1 rings (SSSR count). The highest BCUT2D eigenvalue weighted by Gasteiger charge is 2.40. The minimum atomic E-state index is -0.882. The van der Waals surface area contributed by atoms with Gasteiger partial charge in [0.25, 0.3) is 0 Å². The zero-order chi connectivity index (χ0) is 15.3. The monoisotopic (exact) mass is 357 g/mol. The van der Waals surface area contributed by atoms with E-state index in [0.717, 1.165) is 19.3 Å². The van der Waals surface area contributed by atoms with Gasteiger partial charge in [-0.3, -0.25) is 14.9 Å². The highest BCUT2D eigenvalue weighted by Crippen LogP contribution is 2.22. The van der Waals surface area contributed by atoms with Gasteiger partial charge in [-0.25, -0.2) is 0 Å². The summed E-state index contributed by atoms with van der Waals surface area (Å²) in [5.74, 6) is -0.481. The molecular formula is C14H29Cl2N3O3. The lowest BCUT2D eigenvalue weighted by Crippen LogP contribution is -2.55. The molecule has 1 amide bonds. The summed E-state index contributed by atoms with van der Waals surface area (Å²) in [4.78, 5) is 22.5. The van der Waals surface area contributed by atoms with Crippen molar-refractivity contribution < 1.29 is 14.7 Å². The van der Waals surface area contributed by atoms with Crippen LogP contribution in [0.2, 0.25) is 0 Å². The lowest BCUT2D eigenvalue weighted by Gasteiger charge is -2.30. The molecule has 132 valence electrons. The highest BCUT2D eigenvalue weighted by molar-refractivity contribution is 5.85. The summed E-state index contributed by atoms with van der Waals surface area (Å²) in [5, 5.41) is 15.1. The van der Waals surface area contributed by atoms with Crippen molar-refractivity contribution in [3.8, 4) is 0 Å². The zero-order valence-electron chi connectivity index (χ0n) is 13.4. The van der Waals surface area contributed by atoms with Gasteiger partial charge in [0.1, 0.15) is 6.04 Å². The van der Waals surface area contributed by atoms with Gasteiger partial charge >= 0.3 is 5.97 Å². The van der Waals surface area contributed by atoms with E-state index in [1.54, 1.807) is 0 Å². The molecule has 0 saturated carbocycles. The molecule has 1 aliphatic heterocycles. The van der Waals surface area contributed by atoms with Crippen LogP contribution in [0.25, 0.3) is 0 Å². The maximum Gasteiger partial charge on any atom is 0.320 e. The van der Waals surface area contributed by atoms with Gasteiger partial charge in [0.05, 0.1) is 0 Å².